The van der Waals surface area contributed by atoms with E-state index < -0.39 is 42.4 Å². The van der Waals surface area contributed by atoms with E-state index >= 15 is 0 Å². The van der Waals surface area contributed by atoms with Crippen molar-refractivity contribution in [1.82, 2.24) is 9.55 Å². The predicted octanol–water partition coefficient (Wildman–Crippen LogP) is 0.388. The van der Waals surface area contributed by atoms with Gasteiger partial charge in [0.15, 0.2) is 12.3 Å². The third kappa shape index (κ3) is 3.14. The van der Waals surface area contributed by atoms with Crippen molar-refractivity contribution in [2.45, 2.75) is 24.5 Å². The summed E-state index contributed by atoms with van der Waals surface area (Å²) in [5.41, 5.74) is -1.23. The van der Waals surface area contributed by atoms with Crippen LogP contribution in [0.25, 0.3) is 10.8 Å². The zero-order valence-corrected chi connectivity index (χ0v) is 14.2. The molecule has 2 heterocycles. The van der Waals surface area contributed by atoms with Gasteiger partial charge in [-0.25, -0.2) is 4.79 Å². The summed E-state index contributed by atoms with van der Waals surface area (Å²) in [6, 6.07) is 14.3. The van der Waals surface area contributed by atoms with Crippen molar-refractivity contribution in [2.24, 2.45) is 0 Å². The normalized spacial score (nSPS) is 25.0. The highest BCUT2D eigenvalue weighted by Gasteiger charge is 2.46. The first kappa shape index (κ1) is 17.5. The minimum atomic E-state index is -1.17. The van der Waals surface area contributed by atoms with E-state index in [-0.39, 0.29) is 0 Å². The molecule has 1 aliphatic rings. The number of H-pyrrole nitrogens is 1. The zero-order chi connectivity index (χ0) is 19.0. The van der Waals surface area contributed by atoms with Gasteiger partial charge in [0.1, 0.15) is 18.0 Å². The predicted molar refractivity (Wildman–Crippen MR) is 96.7 cm³/mol. The number of fused-ring (bicyclic) bond motifs is 1. The van der Waals surface area contributed by atoms with Gasteiger partial charge in [0.05, 0.1) is 6.61 Å². The van der Waals surface area contributed by atoms with Gasteiger partial charge in [-0.15, -0.1) is 0 Å². The van der Waals surface area contributed by atoms with E-state index in [9.17, 15) is 19.8 Å². The van der Waals surface area contributed by atoms with Crippen molar-refractivity contribution in [2.75, 3.05) is 6.61 Å². The van der Waals surface area contributed by atoms with Crippen LogP contribution in [0.5, 0.6) is 5.75 Å². The topological polar surface area (TPSA) is 114 Å². The molecule has 0 bridgehead atoms. The molecule has 3 N–H and O–H groups in total. The van der Waals surface area contributed by atoms with Gasteiger partial charge in [0.2, 0.25) is 0 Å². The Morgan fingerprint density at radius 3 is 2.67 bits per heavy atom. The monoisotopic (exact) mass is 370 g/mol. The molecule has 8 heteroatoms. The Kier molecular flexibility index (Phi) is 4.53. The van der Waals surface area contributed by atoms with E-state index in [1.807, 2.05) is 36.4 Å². The number of nitrogens with one attached hydrogen (secondary N) is 1. The number of aromatic nitrogens is 2. The first-order chi connectivity index (χ1) is 13.1. The second-order valence-electron chi connectivity index (χ2n) is 6.32. The number of aromatic amines is 1. The molecular formula is C19H18N2O6. The van der Waals surface area contributed by atoms with Crippen LogP contribution in [0.4, 0.5) is 0 Å². The van der Waals surface area contributed by atoms with Gasteiger partial charge in [0.25, 0.3) is 5.56 Å². The summed E-state index contributed by atoms with van der Waals surface area (Å²) in [5.74, 6) is 0.516. The molecule has 1 fully saturated rings. The minimum absolute atomic E-state index is 0.439. The average molecular weight is 370 g/mol. The number of aliphatic hydroxyl groups is 2. The van der Waals surface area contributed by atoms with Crippen LogP contribution in [0.15, 0.2) is 64.3 Å². The van der Waals surface area contributed by atoms with Gasteiger partial charge in [0, 0.05) is 17.6 Å². The molecule has 1 saturated heterocycles. The Labute approximate surface area is 153 Å². The third-order valence-corrected chi connectivity index (χ3v) is 4.63. The average Bonchev–Trinajstić information content (AvgIpc) is 2.98. The Hall–Kier alpha value is -2.94. The Bertz CT molecular complexity index is 1070. The van der Waals surface area contributed by atoms with E-state index in [2.05, 4.69) is 4.98 Å². The van der Waals surface area contributed by atoms with Crippen molar-refractivity contribution in [3.8, 4) is 5.75 Å². The first-order valence-electron chi connectivity index (χ1n) is 8.49. The summed E-state index contributed by atoms with van der Waals surface area (Å²) < 4.78 is 12.8. The van der Waals surface area contributed by atoms with Gasteiger partial charge >= 0.3 is 5.69 Å². The molecule has 0 saturated carbocycles. The van der Waals surface area contributed by atoms with Crippen molar-refractivity contribution in [3.63, 3.8) is 0 Å². The van der Waals surface area contributed by atoms with E-state index in [4.69, 9.17) is 9.47 Å². The lowest BCUT2D eigenvalue weighted by Gasteiger charge is -2.23. The van der Waals surface area contributed by atoms with Gasteiger partial charge in [-0.1, -0.05) is 36.4 Å². The third-order valence-electron chi connectivity index (χ3n) is 4.63. The molecule has 4 rings (SSSR count). The highest BCUT2D eigenvalue weighted by atomic mass is 16.6. The summed E-state index contributed by atoms with van der Waals surface area (Å²) >= 11 is 0. The molecule has 8 nitrogen and oxygen atoms in total. The van der Waals surface area contributed by atoms with Crippen molar-refractivity contribution >= 4 is 10.8 Å². The molecular weight excluding hydrogens is 352 g/mol. The molecule has 0 aliphatic carbocycles. The smallest absolute Gasteiger partial charge is 0.330 e. The lowest BCUT2D eigenvalue weighted by molar-refractivity contribution is -0.0522. The molecule has 0 radical (unpaired) electrons. The molecule has 2 aromatic carbocycles. The number of benzene rings is 2. The fourth-order valence-corrected chi connectivity index (χ4v) is 3.29. The molecule has 3 aromatic rings. The maximum absolute atomic E-state index is 12.2. The van der Waals surface area contributed by atoms with Crippen LogP contribution in [-0.4, -0.2) is 44.7 Å². The first-order valence-corrected chi connectivity index (χ1v) is 8.49. The number of hydrogen-bond donors (Lipinski definition) is 3. The maximum atomic E-state index is 12.2. The molecule has 4 atom stereocenters. The molecule has 1 aromatic heterocycles. The summed E-state index contributed by atoms with van der Waals surface area (Å²) in [6.07, 6.45) is -2.79. The largest absolute Gasteiger partial charge is 0.482 e. The molecule has 27 heavy (non-hydrogen) atoms. The van der Waals surface area contributed by atoms with Crippen molar-refractivity contribution in [3.05, 3.63) is 75.6 Å². The SMILES string of the molecule is O=c1ccn([C@@H]2O[C@H](CO)[C@@H](O)[C@H]2Oc2cccc3ccccc23)c(=O)[nH]1. The highest BCUT2D eigenvalue weighted by Crippen LogP contribution is 2.34. The van der Waals surface area contributed by atoms with E-state index in [1.165, 1.54) is 12.3 Å². The summed E-state index contributed by atoms with van der Waals surface area (Å²) in [7, 11) is 0. The van der Waals surface area contributed by atoms with Crippen molar-refractivity contribution in [1.29, 1.82) is 0 Å². The van der Waals surface area contributed by atoms with Crippen molar-refractivity contribution < 1.29 is 19.7 Å². The van der Waals surface area contributed by atoms with Crippen LogP contribution in [0.3, 0.4) is 0 Å². The Balaban J connectivity index is 1.75. The quantitative estimate of drug-likeness (QED) is 0.612. The number of aliphatic hydroxyl groups excluding tert-OH is 2. The molecule has 1 aliphatic heterocycles. The van der Waals surface area contributed by atoms with Gasteiger partial charge in [-0.05, 0) is 11.5 Å². The summed E-state index contributed by atoms with van der Waals surface area (Å²) in [6.45, 7) is -0.439. The fraction of sp³-hybridized carbons (Fsp3) is 0.263. The van der Waals surface area contributed by atoms with Crippen LogP contribution in [0.2, 0.25) is 0 Å². The van der Waals surface area contributed by atoms with Crippen LogP contribution >= 0.6 is 0 Å². The molecule has 0 spiro atoms. The van der Waals surface area contributed by atoms with Gasteiger partial charge < -0.3 is 19.7 Å². The Morgan fingerprint density at radius 1 is 1.11 bits per heavy atom. The second kappa shape index (κ2) is 6.99. The maximum Gasteiger partial charge on any atom is 0.330 e. The Morgan fingerprint density at radius 2 is 1.89 bits per heavy atom. The number of rotatable bonds is 4. The number of ether oxygens (including phenoxy) is 2. The number of hydrogen-bond acceptors (Lipinski definition) is 6. The lowest BCUT2D eigenvalue weighted by atomic mass is 10.1. The summed E-state index contributed by atoms with van der Waals surface area (Å²) in [5, 5.41) is 21.8. The molecule has 0 amide bonds. The van der Waals surface area contributed by atoms with E-state index in [0.29, 0.717) is 5.75 Å². The van der Waals surface area contributed by atoms with Crippen LogP contribution in [-0.2, 0) is 4.74 Å². The fourth-order valence-electron chi connectivity index (χ4n) is 3.29. The van der Waals surface area contributed by atoms with Gasteiger partial charge in [-0.3, -0.25) is 14.3 Å². The lowest BCUT2D eigenvalue weighted by Crippen LogP contribution is -2.41. The molecule has 0 unspecified atom stereocenters. The highest BCUT2D eigenvalue weighted by molar-refractivity contribution is 5.88. The minimum Gasteiger partial charge on any atom is -0.482 e. The summed E-state index contributed by atoms with van der Waals surface area (Å²) in [4.78, 5) is 25.6. The van der Waals surface area contributed by atoms with E-state index in [0.717, 1.165) is 15.3 Å². The van der Waals surface area contributed by atoms with Crippen LogP contribution < -0.4 is 16.0 Å². The zero-order valence-electron chi connectivity index (χ0n) is 14.2. The van der Waals surface area contributed by atoms with Crippen LogP contribution in [0, 0.1) is 0 Å². The standard InChI is InChI=1S/C19H18N2O6/c22-10-14-16(24)17(18(27-14)21-9-8-15(23)20-19(21)25)26-13-7-3-5-11-4-1-2-6-12(11)13/h1-9,14,16-18,22,24H,10H2,(H,20,23,25)/t14-,16-,17-,18-/m1/s1. The molecule has 140 valence electrons. The van der Waals surface area contributed by atoms with Gasteiger partial charge in [-0.2, -0.15) is 0 Å². The number of nitrogens with zero attached hydrogens (tertiary/aromatic N) is 1. The van der Waals surface area contributed by atoms with Crippen LogP contribution in [0.1, 0.15) is 6.23 Å². The second-order valence-corrected chi connectivity index (χ2v) is 6.32. The van der Waals surface area contributed by atoms with E-state index in [1.54, 1.807) is 6.07 Å².